The van der Waals surface area contributed by atoms with Crippen molar-refractivity contribution in [1.82, 2.24) is 25.2 Å². The molecule has 7 nitrogen and oxygen atoms in total. The van der Waals surface area contributed by atoms with E-state index in [0.29, 0.717) is 16.2 Å². The second-order valence-electron chi connectivity index (χ2n) is 5.91. The molecule has 0 saturated carbocycles. The van der Waals surface area contributed by atoms with Gasteiger partial charge in [0.2, 0.25) is 11.7 Å². The highest BCUT2D eigenvalue weighted by molar-refractivity contribution is 5.92. The highest BCUT2D eigenvalue weighted by Gasteiger charge is 2.23. The third-order valence-electron chi connectivity index (χ3n) is 3.71. The standard InChI is InChI=1S/C17H17F2N5O2/c1-9-5-4-6-12(7-9)14-21-16(26-23-14)11(3)20-15(25)13-8-10(2)22-24(13)17(18)19/h4-8,11,17H,1-3H3,(H,20,25)/t11-/m1/s1. The van der Waals surface area contributed by atoms with Crippen molar-refractivity contribution in [1.29, 1.82) is 0 Å². The normalized spacial score (nSPS) is 12.4. The molecule has 0 spiro atoms. The summed E-state index contributed by atoms with van der Waals surface area (Å²) < 4.78 is 31.5. The number of amides is 1. The van der Waals surface area contributed by atoms with Crippen molar-refractivity contribution in [2.24, 2.45) is 0 Å². The van der Waals surface area contributed by atoms with E-state index in [0.717, 1.165) is 11.1 Å². The maximum absolute atomic E-state index is 13.0. The summed E-state index contributed by atoms with van der Waals surface area (Å²) in [5.41, 5.74) is 1.92. The average Bonchev–Trinajstić information content (AvgIpc) is 3.21. The Labute approximate surface area is 148 Å². The molecule has 9 heteroatoms. The second kappa shape index (κ2) is 7.03. The van der Waals surface area contributed by atoms with Gasteiger partial charge in [-0.1, -0.05) is 28.9 Å². The van der Waals surface area contributed by atoms with E-state index < -0.39 is 18.5 Å². The van der Waals surface area contributed by atoms with Gasteiger partial charge >= 0.3 is 6.55 Å². The van der Waals surface area contributed by atoms with Gasteiger partial charge in [-0.2, -0.15) is 23.5 Å². The first-order chi connectivity index (χ1) is 12.3. The number of hydrogen-bond acceptors (Lipinski definition) is 5. The molecule has 0 bridgehead atoms. The zero-order chi connectivity index (χ0) is 18.8. The molecule has 0 aliphatic carbocycles. The predicted molar refractivity (Wildman–Crippen MR) is 88.6 cm³/mol. The van der Waals surface area contributed by atoms with E-state index in [1.807, 2.05) is 31.2 Å². The Balaban J connectivity index is 1.76. The van der Waals surface area contributed by atoms with Gasteiger partial charge < -0.3 is 9.84 Å². The molecule has 26 heavy (non-hydrogen) atoms. The number of alkyl halides is 2. The summed E-state index contributed by atoms with van der Waals surface area (Å²) >= 11 is 0. The third kappa shape index (κ3) is 3.61. The number of hydrogen-bond donors (Lipinski definition) is 1. The molecule has 3 aromatic rings. The Morgan fingerprint density at radius 3 is 2.73 bits per heavy atom. The fraction of sp³-hybridized carbons (Fsp3) is 0.294. The summed E-state index contributed by atoms with van der Waals surface area (Å²) in [7, 11) is 0. The first-order valence-corrected chi connectivity index (χ1v) is 7.91. The van der Waals surface area contributed by atoms with E-state index in [1.54, 1.807) is 6.92 Å². The molecular formula is C17H17F2N5O2. The molecule has 0 aliphatic rings. The summed E-state index contributed by atoms with van der Waals surface area (Å²) in [6.45, 7) is 2.20. The summed E-state index contributed by atoms with van der Waals surface area (Å²) in [4.78, 5) is 16.6. The number of carbonyl (C=O) groups excluding carboxylic acids is 1. The van der Waals surface area contributed by atoms with Gasteiger partial charge in [0.25, 0.3) is 5.91 Å². The molecule has 0 fully saturated rings. The fourth-order valence-corrected chi connectivity index (χ4v) is 2.48. The number of carbonyl (C=O) groups is 1. The van der Waals surface area contributed by atoms with Crippen molar-refractivity contribution in [3.05, 3.63) is 53.2 Å². The Morgan fingerprint density at radius 2 is 2.04 bits per heavy atom. The van der Waals surface area contributed by atoms with Crippen LogP contribution in [0.1, 0.15) is 47.2 Å². The number of nitrogens with one attached hydrogen (secondary N) is 1. The Kier molecular flexibility index (Phi) is 4.79. The van der Waals surface area contributed by atoms with Crippen LogP contribution in [0.3, 0.4) is 0 Å². The first kappa shape index (κ1) is 17.7. The van der Waals surface area contributed by atoms with Crippen molar-refractivity contribution in [3.63, 3.8) is 0 Å². The van der Waals surface area contributed by atoms with E-state index in [9.17, 15) is 13.6 Å². The van der Waals surface area contributed by atoms with Gasteiger partial charge in [-0.05, 0) is 32.9 Å². The van der Waals surface area contributed by atoms with E-state index in [1.165, 1.54) is 13.0 Å². The molecular weight excluding hydrogens is 344 g/mol. The maximum Gasteiger partial charge on any atom is 0.333 e. The van der Waals surface area contributed by atoms with Gasteiger partial charge in [-0.15, -0.1) is 0 Å². The van der Waals surface area contributed by atoms with Gasteiger partial charge in [0.1, 0.15) is 11.7 Å². The lowest BCUT2D eigenvalue weighted by atomic mass is 10.1. The molecule has 0 saturated heterocycles. The SMILES string of the molecule is Cc1cccc(-c2noc([C@@H](C)NC(=O)c3cc(C)nn3C(F)F)n2)c1. The summed E-state index contributed by atoms with van der Waals surface area (Å²) in [5, 5.41) is 10.1. The fourth-order valence-electron chi connectivity index (χ4n) is 2.48. The van der Waals surface area contributed by atoms with Crippen LogP contribution < -0.4 is 5.32 Å². The molecule has 136 valence electrons. The predicted octanol–water partition coefficient (Wildman–Crippen LogP) is 3.44. The maximum atomic E-state index is 13.0. The van der Waals surface area contributed by atoms with Crippen molar-refractivity contribution in [3.8, 4) is 11.4 Å². The molecule has 0 unspecified atom stereocenters. The number of nitrogens with zero attached hydrogens (tertiary/aromatic N) is 4. The lowest BCUT2D eigenvalue weighted by Gasteiger charge is -2.10. The minimum absolute atomic E-state index is 0.176. The van der Waals surface area contributed by atoms with Crippen LogP contribution in [-0.4, -0.2) is 25.8 Å². The quantitative estimate of drug-likeness (QED) is 0.752. The minimum Gasteiger partial charge on any atom is -0.339 e. The molecule has 1 amide bonds. The van der Waals surface area contributed by atoms with Crippen LogP contribution >= 0.6 is 0 Å². The second-order valence-corrected chi connectivity index (χ2v) is 5.91. The van der Waals surface area contributed by atoms with Crippen molar-refractivity contribution in [2.75, 3.05) is 0 Å². The highest BCUT2D eigenvalue weighted by atomic mass is 19.3. The van der Waals surface area contributed by atoms with Crippen LogP contribution in [0.5, 0.6) is 0 Å². The number of halogens is 2. The van der Waals surface area contributed by atoms with Crippen LogP contribution in [0.2, 0.25) is 0 Å². The van der Waals surface area contributed by atoms with Gasteiger partial charge in [0, 0.05) is 5.56 Å². The first-order valence-electron chi connectivity index (χ1n) is 7.91. The van der Waals surface area contributed by atoms with Crippen LogP contribution in [0.25, 0.3) is 11.4 Å². The van der Waals surface area contributed by atoms with E-state index in [2.05, 4.69) is 20.6 Å². The number of aryl methyl sites for hydroxylation is 2. The molecule has 1 N–H and O–H groups in total. The van der Waals surface area contributed by atoms with Crippen LogP contribution in [0.4, 0.5) is 8.78 Å². The van der Waals surface area contributed by atoms with Gasteiger partial charge in [0.15, 0.2) is 0 Å². The zero-order valence-corrected chi connectivity index (χ0v) is 14.4. The Morgan fingerprint density at radius 1 is 1.27 bits per heavy atom. The van der Waals surface area contributed by atoms with Crippen LogP contribution in [0, 0.1) is 13.8 Å². The summed E-state index contributed by atoms with van der Waals surface area (Å²) in [5.74, 6) is -0.137. The highest BCUT2D eigenvalue weighted by Crippen LogP contribution is 2.20. The topological polar surface area (TPSA) is 85.8 Å². The van der Waals surface area contributed by atoms with Gasteiger partial charge in [0.05, 0.1) is 5.69 Å². The van der Waals surface area contributed by atoms with E-state index >= 15 is 0 Å². The Bertz CT molecular complexity index is 935. The van der Waals surface area contributed by atoms with Gasteiger partial charge in [-0.3, -0.25) is 4.79 Å². The molecule has 2 aromatic heterocycles. The van der Waals surface area contributed by atoms with Crippen LogP contribution in [0.15, 0.2) is 34.9 Å². The smallest absolute Gasteiger partial charge is 0.333 e. The average molecular weight is 361 g/mol. The van der Waals surface area contributed by atoms with Crippen molar-refractivity contribution in [2.45, 2.75) is 33.4 Å². The minimum atomic E-state index is -2.91. The Hall–Kier alpha value is -3.10. The molecule has 3 rings (SSSR count). The number of rotatable bonds is 5. The van der Waals surface area contributed by atoms with E-state index in [4.69, 9.17) is 4.52 Å². The van der Waals surface area contributed by atoms with Crippen molar-refractivity contribution >= 4 is 5.91 Å². The molecule has 0 aliphatic heterocycles. The third-order valence-corrected chi connectivity index (χ3v) is 3.71. The lowest BCUT2D eigenvalue weighted by molar-refractivity contribution is 0.0504. The largest absolute Gasteiger partial charge is 0.339 e. The molecule has 1 atom stereocenters. The van der Waals surface area contributed by atoms with Crippen LogP contribution in [-0.2, 0) is 0 Å². The summed E-state index contributed by atoms with van der Waals surface area (Å²) in [6, 6.07) is 8.20. The summed E-state index contributed by atoms with van der Waals surface area (Å²) in [6.07, 6.45) is 0. The van der Waals surface area contributed by atoms with E-state index in [-0.39, 0.29) is 11.6 Å². The number of aromatic nitrogens is 4. The molecule has 2 heterocycles. The van der Waals surface area contributed by atoms with Gasteiger partial charge in [-0.25, -0.2) is 0 Å². The zero-order valence-electron chi connectivity index (χ0n) is 14.4. The molecule has 1 aromatic carbocycles. The monoisotopic (exact) mass is 361 g/mol. The van der Waals surface area contributed by atoms with Crippen molar-refractivity contribution < 1.29 is 18.1 Å². The molecule has 0 radical (unpaired) electrons. The lowest BCUT2D eigenvalue weighted by Crippen LogP contribution is -2.29. The number of benzene rings is 1.